The zero-order chi connectivity index (χ0) is 87.5. The third kappa shape index (κ3) is 27.4. The standard InChI is InChI=1S/C80H132O38/c1-12-80(11,118-78-70(61(97)54(90)48(34-84)111-78)116-74-64(100)57(93)52(88)46(32-82)109-74)28-17-15-13-14-16-21-37(2)23-19-25-40(5)35-104-72-66(102)62(98)67(43(8)107-72)114-75-65(101)58(94)55(91)49(112-75)36-105-76-68(59(95)50(86)42(7)106-76)113-71(103)41(6)30-44(85)29-39(4)24-18-22-38(3)26-20-27-79(9,10)117-77-69(60(96)53(89)47(33-83)110-77)115-73-63(99)56(92)51(87)45(31-81)108-73/h12-13,15,21,24-26,30,42-70,72-78,81-102H,1,14,16-20,22-23,27-29,31-36H2,2-11H3/b15-13+,37-21+,38-26+,39-24+,40-25-,41-30+. The second-order valence-corrected chi connectivity index (χ2v) is 32.6. The summed E-state index contributed by atoms with van der Waals surface area (Å²) < 4.78 is 87.7. The minimum Gasteiger partial charge on any atom is -0.451 e. The van der Waals surface area contributed by atoms with Crippen LogP contribution in [0.25, 0.3) is 0 Å². The van der Waals surface area contributed by atoms with Gasteiger partial charge in [-0.05, 0) is 146 Å². The summed E-state index contributed by atoms with van der Waals surface area (Å²) in [6.07, 6.45) is -36.6. The van der Waals surface area contributed by atoms with E-state index in [2.05, 4.69) is 12.7 Å². The first-order valence-corrected chi connectivity index (χ1v) is 40.3. The van der Waals surface area contributed by atoms with Crippen LogP contribution in [0.1, 0.15) is 140 Å². The number of unbranched alkanes of at least 4 members (excludes halogenated alkanes) is 1. The van der Waals surface area contributed by atoms with Crippen molar-refractivity contribution in [2.75, 3.05) is 39.6 Å². The van der Waals surface area contributed by atoms with E-state index in [1.54, 1.807) is 27.7 Å². The van der Waals surface area contributed by atoms with Crippen molar-refractivity contribution < 1.29 is 188 Å². The fourth-order valence-corrected chi connectivity index (χ4v) is 14.5. The molecule has 37 atom stereocenters. The molecule has 7 fully saturated rings. The smallest absolute Gasteiger partial charge is 0.334 e. The van der Waals surface area contributed by atoms with Crippen LogP contribution in [-0.2, 0) is 75.8 Å². The predicted molar refractivity (Wildman–Crippen MR) is 408 cm³/mol. The zero-order valence-electron chi connectivity index (χ0n) is 68.5. The lowest BCUT2D eigenvalue weighted by atomic mass is 9.96. The van der Waals surface area contributed by atoms with Crippen LogP contribution in [0.4, 0.5) is 0 Å². The number of aliphatic hydroxyl groups is 22. The highest BCUT2D eigenvalue weighted by Crippen LogP contribution is 2.38. The van der Waals surface area contributed by atoms with Gasteiger partial charge < -0.3 is 183 Å². The second-order valence-electron chi connectivity index (χ2n) is 32.6. The lowest BCUT2D eigenvalue weighted by Gasteiger charge is -2.47. The fraction of sp³-hybridized carbons (Fsp3) is 0.812. The Morgan fingerprint density at radius 1 is 0.398 bits per heavy atom. The lowest BCUT2D eigenvalue weighted by Crippen LogP contribution is -2.65. The average Bonchev–Trinajstić information content (AvgIpc) is 0.785. The summed E-state index contributed by atoms with van der Waals surface area (Å²) >= 11 is 0. The van der Waals surface area contributed by atoms with E-state index in [4.69, 9.17) is 71.1 Å². The van der Waals surface area contributed by atoms with Gasteiger partial charge >= 0.3 is 5.97 Å². The highest BCUT2D eigenvalue weighted by molar-refractivity contribution is 5.88. The summed E-state index contributed by atoms with van der Waals surface area (Å²) in [7, 11) is 0. The first-order chi connectivity index (χ1) is 55.6. The van der Waals surface area contributed by atoms with Crippen LogP contribution in [0.15, 0.2) is 83.1 Å². The Morgan fingerprint density at radius 3 is 1.31 bits per heavy atom. The summed E-state index contributed by atoms with van der Waals surface area (Å²) in [5.41, 5.74) is 1.51. The van der Waals surface area contributed by atoms with Crippen molar-refractivity contribution in [2.24, 2.45) is 0 Å². The highest BCUT2D eigenvalue weighted by atomic mass is 16.8. The van der Waals surface area contributed by atoms with Gasteiger partial charge in [0, 0.05) is 5.57 Å². The Morgan fingerprint density at radius 2 is 0.805 bits per heavy atom. The van der Waals surface area contributed by atoms with E-state index in [0.717, 1.165) is 28.7 Å². The van der Waals surface area contributed by atoms with Crippen molar-refractivity contribution in [1.29, 1.82) is 0 Å². The number of rotatable bonds is 41. The molecule has 38 heteroatoms. The van der Waals surface area contributed by atoms with Crippen LogP contribution < -0.4 is 0 Å². The minimum absolute atomic E-state index is 0.0100. The maximum atomic E-state index is 13.6. The monoisotopic (exact) mass is 1700 g/mol. The Labute approximate surface area is 686 Å². The van der Waals surface area contributed by atoms with Crippen molar-refractivity contribution in [3.8, 4) is 0 Å². The van der Waals surface area contributed by atoms with E-state index >= 15 is 0 Å². The number of esters is 1. The summed E-state index contributed by atoms with van der Waals surface area (Å²) in [4.78, 5) is 13.6. The lowest BCUT2D eigenvalue weighted by molar-refractivity contribution is -0.377. The summed E-state index contributed by atoms with van der Waals surface area (Å²) in [5, 5.41) is 234. The van der Waals surface area contributed by atoms with Crippen LogP contribution in [0, 0.1) is 0 Å². The van der Waals surface area contributed by atoms with Crippen LogP contribution in [0.5, 0.6) is 0 Å². The molecule has 0 amide bonds. The van der Waals surface area contributed by atoms with Crippen molar-refractivity contribution in [1.82, 2.24) is 0 Å². The molecule has 0 saturated carbocycles. The molecule has 7 saturated heterocycles. The Kier molecular flexibility index (Phi) is 40.3. The summed E-state index contributed by atoms with van der Waals surface area (Å²) in [5.74, 6) is -1.03. The molecule has 680 valence electrons. The molecule has 0 aromatic carbocycles. The summed E-state index contributed by atoms with van der Waals surface area (Å²) in [6.45, 7) is 17.4. The van der Waals surface area contributed by atoms with Gasteiger partial charge in [-0.1, -0.05) is 64.8 Å². The molecule has 0 bridgehead atoms. The van der Waals surface area contributed by atoms with E-state index in [9.17, 15) is 117 Å². The van der Waals surface area contributed by atoms with Gasteiger partial charge in [0.15, 0.2) is 50.1 Å². The van der Waals surface area contributed by atoms with Gasteiger partial charge in [-0.15, -0.1) is 6.58 Å². The molecule has 0 spiro atoms. The first kappa shape index (κ1) is 101. The Hall–Kier alpha value is -3.79. The molecule has 0 radical (unpaired) electrons. The number of ether oxygens (including phenoxy) is 15. The molecule has 22 N–H and O–H groups in total. The SMILES string of the molecule is C=CC(C)(CC/C=C/CC/C=C(\C)CC/C=C(/C)COC1OC(C)C(OC2OC(COC3OC(C)C(O)C(O)C3OC(=O)/C(C)=C/C(O)C/C(C)=C/CC/C(C)=C/CCC(C)(C)OC3OC(CO)C(O)C(O)C3OC3OC(CO)C(O)C(O)C3O)C(O)C(O)C2O)C(O)C1O)OC1OC(CO)C(O)C(O)C1OC1OC(CO)C(O)C(O)C1O. The highest BCUT2D eigenvalue weighted by Gasteiger charge is 2.56. The van der Waals surface area contributed by atoms with E-state index in [-0.39, 0.29) is 18.6 Å². The van der Waals surface area contributed by atoms with Gasteiger partial charge in [0.2, 0.25) is 0 Å². The number of carbonyl (C=O) groups excluding carboxylic acids is 1. The molecule has 0 aliphatic carbocycles. The fourth-order valence-electron chi connectivity index (χ4n) is 14.5. The molecule has 37 unspecified atom stereocenters. The van der Waals surface area contributed by atoms with Gasteiger partial charge in [0.1, 0.15) is 153 Å². The summed E-state index contributed by atoms with van der Waals surface area (Å²) in [6, 6.07) is 0. The quantitative estimate of drug-likeness (QED) is 0.0120. The Bertz CT molecular complexity index is 3230. The van der Waals surface area contributed by atoms with Gasteiger partial charge in [-0.2, -0.15) is 0 Å². The van der Waals surface area contributed by atoms with E-state index in [0.29, 0.717) is 57.8 Å². The van der Waals surface area contributed by atoms with Crippen molar-refractivity contribution in [3.63, 3.8) is 0 Å². The Balaban J connectivity index is 0.817. The van der Waals surface area contributed by atoms with Crippen LogP contribution in [0.2, 0.25) is 0 Å². The third-order valence-electron chi connectivity index (χ3n) is 22.2. The van der Waals surface area contributed by atoms with Gasteiger partial charge in [0.25, 0.3) is 0 Å². The third-order valence-corrected chi connectivity index (χ3v) is 22.2. The van der Waals surface area contributed by atoms with E-state index in [1.807, 2.05) is 51.2 Å². The number of allylic oxidation sites excluding steroid dienone is 8. The molecule has 38 nitrogen and oxygen atoms in total. The predicted octanol–water partition coefficient (Wildman–Crippen LogP) is -4.00. The largest absolute Gasteiger partial charge is 0.451 e. The number of hydrogen-bond donors (Lipinski definition) is 22. The molecule has 0 aromatic heterocycles. The molecule has 7 heterocycles. The number of carbonyl (C=O) groups is 1. The van der Waals surface area contributed by atoms with Crippen LogP contribution >= 0.6 is 0 Å². The molecule has 7 rings (SSSR count). The topological polar surface area (TPSA) is 601 Å². The number of aliphatic hydroxyl groups excluding tert-OH is 22. The van der Waals surface area contributed by atoms with E-state index < -0.39 is 271 Å². The van der Waals surface area contributed by atoms with Crippen LogP contribution in [-0.4, -0.2) is 390 Å². The zero-order valence-corrected chi connectivity index (χ0v) is 68.5. The normalized spacial score (nSPS) is 41.2. The van der Waals surface area contributed by atoms with Crippen LogP contribution in [0.3, 0.4) is 0 Å². The van der Waals surface area contributed by atoms with Gasteiger partial charge in [-0.25, -0.2) is 4.79 Å². The minimum atomic E-state index is -1.94. The average molecular weight is 1700 g/mol. The van der Waals surface area contributed by atoms with Gasteiger partial charge in [0.05, 0.1) is 69.2 Å². The molecule has 7 aliphatic rings. The maximum absolute atomic E-state index is 13.6. The first-order valence-electron chi connectivity index (χ1n) is 40.3. The number of hydrogen-bond acceptors (Lipinski definition) is 38. The van der Waals surface area contributed by atoms with Crippen molar-refractivity contribution in [3.05, 3.63) is 83.1 Å². The van der Waals surface area contributed by atoms with Crippen molar-refractivity contribution >= 4 is 5.97 Å². The van der Waals surface area contributed by atoms with Gasteiger partial charge in [-0.3, -0.25) is 0 Å². The molecule has 118 heavy (non-hydrogen) atoms. The maximum Gasteiger partial charge on any atom is 0.334 e. The van der Waals surface area contributed by atoms with E-state index in [1.165, 1.54) is 32.9 Å². The van der Waals surface area contributed by atoms with Crippen molar-refractivity contribution in [2.45, 2.75) is 372 Å². The molecular weight excluding hydrogens is 1570 g/mol. The second kappa shape index (κ2) is 47.0. The molecular formula is C80H132O38. The molecule has 7 aliphatic heterocycles. The molecule has 0 aromatic rings.